The summed E-state index contributed by atoms with van der Waals surface area (Å²) in [5.41, 5.74) is 0. The summed E-state index contributed by atoms with van der Waals surface area (Å²) < 4.78 is 31.2. The first-order valence-corrected chi connectivity index (χ1v) is 10.8. The Balaban J connectivity index is 1.96. The van der Waals surface area contributed by atoms with Crippen molar-refractivity contribution in [2.45, 2.75) is 32.6 Å². The van der Waals surface area contributed by atoms with Crippen molar-refractivity contribution in [2.75, 3.05) is 18.8 Å². The van der Waals surface area contributed by atoms with E-state index in [0.717, 1.165) is 6.42 Å². The molecule has 1 aromatic rings. The van der Waals surface area contributed by atoms with E-state index in [-0.39, 0.29) is 27.5 Å². The van der Waals surface area contributed by atoms with Gasteiger partial charge in [0.15, 0.2) is 5.75 Å². The molecule has 0 aromatic heterocycles. The van der Waals surface area contributed by atoms with Crippen molar-refractivity contribution in [3.63, 3.8) is 0 Å². The van der Waals surface area contributed by atoms with Crippen molar-refractivity contribution in [3.8, 4) is 5.75 Å². The number of sulfonamides is 1. The number of benzene rings is 1. The van der Waals surface area contributed by atoms with Gasteiger partial charge in [-0.05, 0) is 31.4 Å². The minimum atomic E-state index is -3.25. The number of halogens is 3. The average Bonchev–Trinajstić information content (AvgIpc) is 2.56. The Kier molecular flexibility index (Phi) is 7.40. The summed E-state index contributed by atoms with van der Waals surface area (Å²) in [5.74, 6) is -0.623. The van der Waals surface area contributed by atoms with Gasteiger partial charge in [-0.25, -0.2) is 12.7 Å². The maximum absolute atomic E-state index is 12.3. The van der Waals surface area contributed by atoms with Crippen LogP contribution in [0.15, 0.2) is 12.1 Å². The van der Waals surface area contributed by atoms with Gasteiger partial charge in [0.05, 0.1) is 21.7 Å². The van der Waals surface area contributed by atoms with E-state index in [0.29, 0.717) is 37.4 Å². The summed E-state index contributed by atoms with van der Waals surface area (Å²) in [7, 11) is -3.25. The summed E-state index contributed by atoms with van der Waals surface area (Å²) in [5, 5.41) is 0.663. The highest BCUT2D eigenvalue weighted by Gasteiger charge is 2.32. The van der Waals surface area contributed by atoms with E-state index in [2.05, 4.69) is 0 Å². The molecule has 0 atom stereocenters. The van der Waals surface area contributed by atoms with Crippen LogP contribution in [0.1, 0.15) is 32.6 Å². The van der Waals surface area contributed by atoms with Crippen molar-refractivity contribution in [3.05, 3.63) is 27.2 Å². The Labute approximate surface area is 163 Å². The fourth-order valence-corrected chi connectivity index (χ4v) is 5.21. The lowest BCUT2D eigenvalue weighted by molar-refractivity contribution is -0.140. The zero-order chi connectivity index (χ0) is 18.6. The molecule has 2 rings (SSSR count). The second kappa shape index (κ2) is 8.91. The van der Waals surface area contributed by atoms with Crippen LogP contribution in [-0.2, 0) is 14.8 Å². The van der Waals surface area contributed by atoms with E-state index in [4.69, 9.17) is 39.5 Å². The van der Waals surface area contributed by atoms with Gasteiger partial charge in [0.1, 0.15) is 0 Å². The van der Waals surface area contributed by atoms with Crippen LogP contribution in [0.2, 0.25) is 15.1 Å². The Morgan fingerprint density at radius 2 is 1.76 bits per heavy atom. The molecule has 0 bridgehead atoms. The molecule has 9 heteroatoms. The predicted molar refractivity (Wildman–Crippen MR) is 100 cm³/mol. The van der Waals surface area contributed by atoms with Gasteiger partial charge in [0.2, 0.25) is 10.0 Å². The molecule has 1 aliphatic rings. The SMILES string of the molecule is CCCCS(=O)(=O)N1CCC(C(=O)Oc2c(Cl)cc(Cl)cc2Cl)CC1. The third kappa shape index (κ3) is 5.47. The van der Waals surface area contributed by atoms with Gasteiger partial charge in [-0.3, -0.25) is 4.79 Å². The Morgan fingerprint density at radius 1 is 1.20 bits per heavy atom. The fraction of sp³-hybridized carbons (Fsp3) is 0.562. The molecule has 1 saturated heterocycles. The standard InChI is InChI=1S/C16H20Cl3NO4S/c1-2-3-8-25(22,23)20-6-4-11(5-7-20)16(21)24-15-13(18)9-12(17)10-14(15)19/h9-11H,2-8H2,1H3. The normalized spacial score (nSPS) is 16.8. The zero-order valence-corrected chi connectivity index (χ0v) is 16.9. The third-order valence-electron chi connectivity index (χ3n) is 4.10. The number of piperidine rings is 1. The Hall–Kier alpha value is -0.530. The molecular formula is C16H20Cl3NO4S. The van der Waals surface area contributed by atoms with E-state index in [1.165, 1.54) is 16.4 Å². The number of carbonyl (C=O) groups is 1. The number of nitrogens with zero attached hydrogens (tertiary/aromatic N) is 1. The maximum atomic E-state index is 12.3. The Morgan fingerprint density at radius 3 is 2.28 bits per heavy atom. The van der Waals surface area contributed by atoms with E-state index in [1.807, 2.05) is 6.92 Å². The van der Waals surface area contributed by atoms with Gasteiger partial charge in [0, 0.05) is 18.1 Å². The smallest absolute Gasteiger partial charge is 0.314 e. The molecule has 5 nitrogen and oxygen atoms in total. The van der Waals surface area contributed by atoms with Crippen molar-refractivity contribution >= 4 is 50.8 Å². The van der Waals surface area contributed by atoms with Crippen LogP contribution >= 0.6 is 34.8 Å². The minimum Gasteiger partial charge on any atom is -0.423 e. The maximum Gasteiger partial charge on any atom is 0.314 e. The number of rotatable bonds is 6. The summed E-state index contributed by atoms with van der Waals surface area (Å²) in [6, 6.07) is 2.89. The van der Waals surface area contributed by atoms with E-state index < -0.39 is 16.0 Å². The van der Waals surface area contributed by atoms with Crippen LogP contribution in [0.5, 0.6) is 5.75 Å². The van der Waals surface area contributed by atoms with Gasteiger partial charge >= 0.3 is 5.97 Å². The molecule has 1 fully saturated rings. The number of esters is 1. The monoisotopic (exact) mass is 427 g/mol. The summed E-state index contributed by atoms with van der Waals surface area (Å²) >= 11 is 17.9. The molecule has 0 radical (unpaired) electrons. The molecule has 140 valence electrons. The Bertz CT molecular complexity index is 708. The molecule has 0 spiro atoms. The van der Waals surface area contributed by atoms with Crippen molar-refractivity contribution in [1.82, 2.24) is 4.31 Å². The van der Waals surface area contributed by atoms with Crippen LogP contribution in [0.25, 0.3) is 0 Å². The topological polar surface area (TPSA) is 63.7 Å². The zero-order valence-electron chi connectivity index (χ0n) is 13.8. The highest BCUT2D eigenvalue weighted by Crippen LogP contribution is 2.36. The first kappa shape index (κ1) is 20.8. The van der Waals surface area contributed by atoms with Crippen LogP contribution in [-0.4, -0.2) is 37.5 Å². The molecule has 25 heavy (non-hydrogen) atoms. The molecule has 0 unspecified atom stereocenters. The first-order chi connectivity index (χ1) is 11.7. The molecule has 0 amide bonds. The molecule has 1 aliphatic heterocycles. The van der Waals surface area contributed by atoms with E-state index in [1.54, 1.807) is 0 Å². The summed E-state index contributed by atoms with van der Waals surface area (Å²) in [6.45, 7) is 2.58. The van der Waals surface area contributed by atoms with Crippen LogP contribution in [0, 0.1) is 5.92 Å². The number of ether oxygens (including phenoxy) is 1. The fourth-order valence-electron chi connectivity index (χ4n) is 2.64. The summed E-state index contributed by atoms with van der Waals surface area (Å²) in [6.07, 6.45) is 2.28. The second-order valence-electron chi connectivity index (χ2n) is 5.96. The van der Waals surface area contributed by atoms with Gasteiger partial charge in [-0.15, -0.1) is 0 Å². The predicted octanol–water partition coefficient (Wildman–Crippen LogP) is 4.39. The molecular weight excluding hydrogens is 409 g/mol. The van der Waals surface area contributed by atoms with Gasteiger partial charge in [-0.2, -0.15) is 0 Å². The third-order valence-corrected chi connectivity index (χ3v) is 6.84. The minimum absolute atomic E-state index is 0.0794. The first-order valence-electron chi connectivity index (χ1n) is 8.08. The van der Waals surface area contributed by atoms with Crippen molar-refractivity contribution in [1.29, 1.82) is 0 Å². The van der Waals surface area contributed by atoms with E-state index >= 15 is 0 Å². The molecule has 0 saturated carbocycles. The second-order valence-corrected chi connectivity index (χ2v) is 9.30. The highest BCUT2D eigenvalue weighted by atomic mass is 35.5. The quantitative estimate of drug-likeness (QED) is 0.498. The number of carbonyl (C=O) groups excluding carboxylic acids is 1. The number of unbranched alkanes of at least 4 members (excludes halogenated alkanes) is 1. The van der Waals surface area contributed by atoms with Crippen LogP contribution in [0.4, 0.5) is 0 Å². The van der Waals surface area contributed by atoms with Gasteiger partial charge < -0.3 is 4.74 Å². The van der Waals surface area contributed by atoms with Gasteiger partial charge in [-0.1, -0.05) is 48.1 Å². The lowest BCUT2D eigenvalue weighted by Gasteiger charge is -2.30. The van der Waals surface area contributed by atoms with Crippen LogP contribution in [0.3, 0.4) is 0 Å². The lowest BCUT2D eigenvalue weighted by Crippen LogP contribution is -2.42. The summed E-state index contributed by atoms with van der Waals surface area (Å²) in [4.78, 5) is 12.3. The molecule has 0 N–H and O–H groups in total. The van der Waals surface area contributed by atoms with Crippen LogP contribution < -0.4 is 4.74 Å². The lowest BCUT2D eigenvalue weighted by atomic mass is 9.98. The largest absolute Gasteiger partial charge is 0.423 e. The molecule has 0 aliphatic carbocycles. The van der Waals surface area contributed by atoms with Crippen molar-refractivity contribution in [2.24, 2.45) is 5.92 Å². The highest BCUT2D eigenvalue weighted by molar-refractivity contribution is 7.89. The molecule has 1 heterocycles. The average molecular weight is 429 g/mol. The van der Waals surface area contributed by atoms with Gasteiger partial charge in [0.25, 0.3) is 0 Å². The van der Waals surface area contributed by atoms with Crippen molar-refractivity contribution < 1.29 is 17.9 Å². The van der Waals surface area contributed by atoms with E-state index in [9.17, 15) is 13.2 Å². The number of hydrogen-bond donors (Lipinski definition) is 0. The molecule has 1 aromatic carbocycles. The number of hydrogen-bond acceptors (Lipinski definition) is 4.